The van der Waals surface area contributed by atoms with Crippen molar-refractivity contribution in [3.05, 3.63) is 83.9 Å². The highest BCUT2D eigenvalue weighted by Crippen LogP contribution is 2.32. The average molecular weight is 711 g/mol. The first-order valence-electron chi connectivity index (χ1n) is 17.5. The summed E-state index contributed by atoms with van der Waals surface area (Å²) in [7, 11) is 0. The van der Waals surface area contributed by atoms with E-state index in [1.807, 2.05) is 72.8 Å². The van der Waals surface area contributed by atoms with Gasteiger partial charge in [0.15, 0.2) is 0 Å². The number of ether oxygens (including phenoxy) is 4. The van der Waals surface area contributed by atoms with Gasteiger partial charge in [0.25, 0.3) is 0 Å². The summed E-state index contributed by atoms with van der Waals surface area (Å²) in [5.74, 6) is 2.45. The molecular weight excluding hydrogens is 660 g/mol. The predicted octanol–water partition coefficient (Wildman–Crippen LogP) is 6.70. The van der Waals surface area contributed by atoms with Crippen LogP contribution in [-0.2, 0) is 0 Å². The number of aliphatic imine (C=N–C) groups is 2. The van der Waals surface area contributed by atoms with Crippen LogP contribution in [0.15, 0.2) is 93.0 Å². The molecule has 0 amide bonds. The number of benzene rings is 4. The first-order valence-corrected chi connectivity index (χ1v) is 17.5. The molecule has 0 aliphatic rings. The monoisotopic (exact) mass is 710 g/mol. The van der Waals surface area contributed by atoms with E-state index in [1.54, 1.807) is 12.4 Å². The van der Waals surface area contributed by atoms with Gasteiger partial charge >= 0.3 is 0 Å². The molecule has 0 aliphatic carbocycles. The Kier molecular flexibility index (Phi) is 16.6. The zero-order valence-corrected chi connectivity index (χ0v) is 29.5. The Bertz CT molecular complexity index is 1600. The summed E-state index contributed by atoms with van der Waals surface area (Å²) in [6.07, 6.45) is 6.11. The maximum absolute atomic E-state index is 7.96. The van der Waals surface area contributed by atoms with Crippen LogP contribution in [0.5, 0.6) is 23.0 Å². The van der Waals surface area contributed by atoms with E-state index in [-0.39, 0.29) is 0 Å². The molecule has 2 atom stereocenters. The lowest BCUT2D eigenvalue weighted by Crippen LogP contribution is -2.07. The molecule has 4 rings (SSSR count). The number of hydrogen-bond acceptors (Lipinski definition) is 14. The molecule has 0 aliphatic heterocycles. The first-order chi connectivity index (χ1) is 25.5. The zero-order valence-electron chi connectivity index (χ0n) is 29.5. The van der Waals surface area contributed by atoms with Crippen LogP contribution in [0.4, 0.5) is 11.4 Å². The Labute approximate surface area is 304 Å². The number of nitrogens with one attached hydrogen (secondary N) is 2. The van der Waals surface area contributed by atoms with Crippen molar-refractivity contribution in [2.75, 3.05) is 52.6 Å². The smallest absolute Gasteiger partial charge is 0.131 e. The fourth-order valence-electron chi connectivity index (χ4n) is 5.04. The third kappa shape index (κ3) is 12.5. The minimum Gasteiger partial charge on any atom is -0.493 e. The van der Waals surface area contributed by atoms with Crippen molar-refractivity contribution >= 4 is 34.6 Å². The Morgan fingerprint density at radius 1 is 0.481 bits per heavy atom. The minimum atomic E-state index is -0.643. The van der Waals surface area contributed by atoms with Crippen LogP contribution in [0.25, 0.3) is 10.8 Å². The van der Waals surface area contributed by atoms with Gasteiger partial charge in [0.2, 0.25) is 0 Å². The average Bonchev–Trinajstić information content (AvgIpc) is 3.15. The fourth-order valence-corrected chi connectivity index (χ4v) is 5.04. The molecule has 0 bridgehead atoms. The Morgan fingerprint density at radius 2 is 0.827 bits per heavy atom. The molecule has 0 spiro atoms. The second-order valence-corrected chi connectivity index (χ2v) is 11.9. The van der Waals surface area contributed by atoms with Crippen molar-refractivity contribution < 1.29 is 18.9 Å². The Hall–Kier alpha value is -5.28. The van der Waals surface area contributed by atoms with Gasteiger partial charge < -0.3 is 41.9 Å². The predicted molar refractivity (Wildman–Crippen MR) is 206 cm³/mol. The Balaban J connectivity index is 1.55. The van der Waals surface area contributed by atoms with Crippen LogP contribution in [-0.4, -0.2) is 65.0 Å². The molecule has 10 N–H and O–H groups in total. The second-order valence-electron chi connectivity index (χ2n) is 11.9. The molecular formula is C38H50N10O4. The second kappa shape index (κ2) is 21.8. The van der Waals surface area contributed by atoms with E-state index in [2.05, 4.69) is 20.2 Å². The van der Waals surface area contributed by atoms with Crippen LogP contribution in [0.3, 0.4) is 0 Å². The molecule has 4 aromatic rings. The van der Waals surface area contributed by atoms with Crippen molar-refractivity contribution in [1.29, 1.82) is 11.1 Å². The SMILES string of the molecule is N=NC(C=Nc1cc(OCCCN)cc(OCCCN)c1)c1ccc2ccc(C(C=Nc3cc(OCCCN)cc(OCCCN)c3)N=N)cc2c1. The lowest BCUT2D eigenvalue weighted by Gasteiger charge is -2.12. The maximum Gasteiger partial charge on any atom is 0.131 e. The molecule has 2 unspecified atom stereocenters. The third-order valence-electron chi connectivity index (χ3n) is 7.78. The van der Waals surface area contributed by atoms with Gasteiger partial charge in [-0.15, -0.1) is 0 Å². The van der Waals surface area contributed by atoms with E-state index in [0.717, 1.165) is 47.6 Å². The van der Waals surface area contributed by atoms with Gasteiger partial charge in [-0.3, -0.25) is 9.98 Å². The summed E-state index contributed by atoms with van der Waals surface area (Å²) >= 11 is 0. The summed E-state index contributed by atoms with van der Waals surface area (Å²) in [6, 6.07) is 21.3. The highest BCUT2D eigenvalue weighted by Gasteiger charge is 2.13. The number of rotatable bonds is 24. The van der Waals surface area contributed by atoms with Gasteiger partial charge in [0.1, 0.15) is 35.1 Å². The van der Waals surface area contributed by atoms with Crippen molar-refractivity contribution in [1.82, 2.24) is 0 Å². The maximum atomic E-state index is 7.96. The van der Waals surface area contributed by atoms with E-state index >= 15 is 0 Å². The van der Waals surface area contributed by atoms with Crippen LogP contribution in [0, 0.1) is 11.1 Å². The zero-order chi connectivity index (χ0) is 37.0. The van der Waals surface area contributed by atoms with Gasteiger partial charge in [0.05, 0.1) is 37.8 Å². The Morgan fingerprint density at radius 3 is 1.13 bits per heavy atom. The first kappa shape index (κ1) is 39.5. The summed E-state index contributed by atoms with van der Waals surface area (Å²) in [5.41, 5.74) is 41.2. The van der Waals surface area contributed by atoms with Crippen LogP contribution in [0.1, 0.15) is 48.9 Å². The molecule has 276 valence electrons. The van der Waals surface area contributed by atoms with Crippen LogP contribution < -0.4 is 41.9 Å². The van der Waals surface area contributed by atoms with E-state index in [1.165, 1.54) is 0 Å². The number of nitrogens with two attached hydrogens (primary N) is 4. The van der Waals surface area contributed by atoms with Crippen LogP contribution in [0.2, 0.25) is 0 Å². The van der Waals surface area contributed by atoms with Gasteiger partial charge in [-0.2, -0.15) is 10.2 Å². The summed E-state index contributed by atoms with van der Waals surface area (Å²) in [5, 5.41) is 9.59. The van der Waals surface area contributed by atoms with Gasteiger partial charge in [-0.1, -0.05) is 24.3 Å². The molecule has 0 aromatic heterocycles. The molecule has 52 heavy (non-hydrogen) atoms. The fraction of sp³-hybridized carbons (Fsp3) is 0.368. The number of fused-ring (bicyclic) bond motifs is 1. The number of hydrogen-bond donors (Lipinski definition) is 6. The number of nitrogens with zero attached hydrogens (tertiary/aromatic N) is 4. The van der Waals surface area contributed by atoms with E-state index in [0.29, 0.717) is 87.0 Å². The van der Waals surface area contributed by atoms with E-state index < -0.39 is 12.1 Å². The minimum absolute atomic E-state index is 0.471. The van der Waals surface area contributed by atoms with E-state index in [9.17, 15) is 0 Å². The normalized spacial score (nSPS) is 12.6. The van der Waals surface area contributed by atoms with Gasteiger partial charge in [-0.05, 0) is 85.9 Å². The molecule has 0 heterocycles. The molecule has 14 heteroatoms. The highest BCUT2D eigenvalue weighted by atomic mass is 16.5. The molecule has 4 aromatic carbocycles. The van der Waals surface area contributed by atoms with Crippen molar-refractivity contribution in [3.8, 4) is 23.0 Å². The highest BCUT2D eigenvalue weighted by molar-refractivity contribution is 5.86. The third-order valence-corrected chi connectivity index (χ3v) is 7.78. The lowest BCUT2D eigenvalue weighted by atomic mass is 9.99. The molecule has 0 saturated carbocycles. The quantitative estimate of drug-likeness (QED) is 0.0259. The summed E-state index contributed by atoms with van der Waals surface area (Å²) in [4.78, 5) is 9.29. The van der Waals surface area contributed by atoms with Crippen molar-refractivity contribution in [2.45, 2.75) is 37.8 Å². The van der Waals surface area contributed by atoms with Crippen LogP contribution >= 0.6 is 0 Å². The molecule has 14 nitrogen and oxygen atoms in total. The van der Waals surface area contributed by atoms with E-state index in [4.69, 9.17) is 52.9 Å². The topological polar surface area (TPSA) is 238 Å². The largest absolute Gasteiger partial charge is 0.493 e. The standard InChI is InChI=1S/C38H50N10O4/c39-9-1-13-49-33-19-31(20-34(23-33)50-14-2-10-40)45-25-37(47-43)28-7-5-27-6-8-29(18-30(27)17-28)38(48-44)26-46-32-21-35(51-15-3-11-41)24-36(22-32)52-16-4-12-42/h5-8,17-26,37-38,43-44H,1-4,9-16,39-42H2. The molecule has 0 saturated heterocycles. The molecule has 0 fully saturated rings. The lowest BCUT2D eigenvalue weighted by molar-refractivity contribution is 0.298. The van der Waals surface area contributed by atoms with Crippen molar-refractivity contribution in [2.24, 2.45) is 43.1 Å². The summed E-state index contributed by atoms with van der Waals surface area (Å²) in [6.45, 7) is 3.99. The van der Waals surface area contributed by atoms with Gasteiger partial charge in [0, 0.05) is 48.8 Å². The van der Waals surface area contributed by atoms with Crippen molar-refractivity contribution in [3.63, 3.8) is 0 Å². The summed E-state index contributed by atoms with van der Waals surface area (Å²) < 4.78 is 23.4. The molecule has 0 radical (unpaired) electrons. The van der Waals surface area contributed by atoms with Gasteiger partial charge in [-0.25, -0.2) is 11.1 Å².